The topological polar surface area (TPSA) is 25.8 Å². The highest BCUT2D eigenvalue weighted by molar-refractivity contribution is 7.99. The fourth-order valence-electron chi connectivity index (χ4n) is 1.70. The van der Waals surface area contributed by atoms with Gasteiger partial charge in [0.2, 0.25) is 0 Å². The van der Waals surface area contributed by atoms with Crippen molar-refractivity contribution in [2.45, 2.75) is 43.0 Å². The average molecular weight is 293 g/mol. The van der Waals surface area contributed by atoms with Crippen molar-refractivity contribution < 1.29 is 0 Å². The van der Waals surface area contributed by atoms with Gasteiger partial charge in [-0.1, -0.05) is 56.3 Å². The number of nitrogens with zero attached hydrogens (tertiary/aromatic N) is 2. The van der Waals surface area contributed by atoms with Crippen LogP contribution in [0, 0.1) is 6.92 Å². The molecule has 0 amide bonds. The molecule has 0 aliphatic rings. The summed E-state index contributed by atoms with van der Waals surface area (Å²) in [6.07, 6.45) is 0. The van der Waals surface area contributed by atoms with Crippen molar-refractivity contribution in [2.75, 3.05) is 0 Å². The first-order valence-corrected chi connectivity index (χ1v) is 7.33. The lowest BCUT2D eigenvalue weighted by molar-refractivity contribution is 0.590. The van der Waals surface area contributed by atoms with Gasteiger partial charge in [-0.15, -0.1) is 0 Å². The van der Waals surface area contributed by atoms with E-state index in [-0.39, 0.29) is 5.41 Å². The van der Waals surface area contributed by atoms with E-state index >= 15 is 0 Å². The second-order valence-corrected chi connectivity index (χ2v) is 6.93. The summed E-state index contributed by atoms with van der Waals surface area (Å²) in [5, 5.41) is 1.36. The van der Waals surface area contributed by atoms with Crippen molar-refractivity contribution in [3.05, 3.63) is 46.9 Å². The van der Waals surface area contributed by atoms with Crippen LogP contribution in [-0.2, 0) is 5.41 Å². The molecule has 0 aliphatic carbocycles. The molecule has 0 aliphatic heterocycles. The maximum absolute atomic E-state index is 5.94. The van der Waals surface area contributed by atoms with Gasteiger partial charge in [0, 0.05) is 11.0 Å². The third kappa shape index (κ3) is 3.95. The molecule has 0 radical (unpaired) electrons. The lowest BCUT2D eigenvalue weighted by Gasteiger charge is -2.19. The molecule has 100 valence electrons. The summed E-state index contributed by atoms with van der Waals surface area (Å²) in [7, 11) is 0. The first-order valence-electron chi connectivity index (χ1n) is 6.14. The van der Waals surface area contributed by atoms with Gasteiger partial charge in [-0.05, 0) is 30.0 Å². The van der Waals surface area contributed by atoms with Crippen LogP contribution in [0.25, 0.3) is 0 Å². The van der Waals surface area contributed by atoms with Crippen molar-refractivity contribution >= 4 is 23.4 Å². The van der Waals surface area contributed by atoms with Crippen molar-refractivity contribution in [3.8, 4) is 0 Å². The maximum atomic E-state index is 5.94. The van der Waals surface area contributed by atoms with E-state index in [1.807, 2.05) is 6.92 Å². The molecule has 1 heterocycles. The zero-order chi connectivity index (χ0) is 14.0. The quantitative estimate of drug-likeness (QED) is 0.737. The van der Waals surface area contributed by atoms with Gasteiger partial charge in [-0.2, -0.15) is 0 Å². The number of aromatic nitrogens is 2. The molecule has 4 heteroatoms. The zero-order valence-electron chi connectivity index (χ0n) is 11.6. The molecule has 0 saturated carbocycles. The first-order chi connectivity index (χ1) is 8.84. The van der Waals surface area contributed by atoms with E-state index in [0.717, 1.165) is 9.92 Å². The Labute approximate surface area is 123 Å². The standard InChI is InChI=1S/C15H17ClN2S/c1-10-17-13(16)9-14(18-10)19-12-7-5-11(6-8-12)15(2,3)4/h5-9H,1-4H3. The largest absolute Gasteiger partial charge is 0.226 e. The second kappa shape index (κ2) is 5.51. The van der Waals surface area contributed by atoms with Crippen LogP contribution < -0.4 is 0 Å². The summed E-state index contributed by atoms with van der Waals surface area (Å²) < 4.78 is 0. The Bertz CT molecular complexity index is 553. The van der Waals surface area contributed by atoms with Crippen LogP contribution in [0.4, 0.5) is 0 Å². The lowest BCUT2D eigenvalue weighted by Crippen LogP contribution is -2.10. The number of hydrogen-bond donors (Lipinski definition) is 0. The van der Waals surface area contributed by atoms with Crippen LogP contribution in [0.1, 0.15) is 32.2 Å². The van der Waals surface area contributed by atoms with E-state index in [1.165, 1.54) is 5.56 Å². The normalized spacial score (nSPS) is 11.6. The van der Waals surface area contributed by atoms with Gasteiger partial charge in [0.25, 0.3) is 0 Å². The number of rotatable bonds is 2. The van der Waals surface area contributed by atoms with E-state index in [4.69, 9.17) is 11.6 Å². The fourth-order valence-corrected chi connectivity index (χ4v) is 2.85. The van der Waals surface area contributed by atoms with Crippen LogP contribution in [0.2, 0.25) is 5.15 Å². The van der Waals surface area contributed by atoms with Crippen LogP contribution >= 0.6 is 23.4 Å². The van der Waals surface area contributed by atoms with Crippen molar-refractivity contribution in [1.29, 1.82) is 0 Å². The van der Waals surface area contributed by atoms with E-state index in [0.29, 0.717) is 11.0 Å². The molecule has 2 nitrogen and oxygen atoms in total. The fraction of sp³-hybridized carbons (Fsp3) is 0.333. The Hall–Kier alpha value is -1.06. The van der Waals surface area contributed by atoms with Gasteiger partial charge >= 0.3 is 0 Å². The smallest absolute Gasteiger partial charge is 0.133 e. The highest BCUT2D eigenvalue weighted by Gasteiger charge is 2.13. The summed E-state index contributed by atoms with van der Waals surface area (Å²) in [6, 6.07) is 10.4. The minimum Gasteiger partial charge on any atom is -0.226 e. The molecule has 0 unspecified atom stereocenters. The molecule has 0 spiro atoms. The van der Waals surface area contributed by atoms with Gasteiger partial charge in [0.15, 0.2) is 0 Å². The Morgan fingerprint density at radius 1 is 1.05 bits per heavy atom. The molecule has 2 aromatic rings. The summed E-state index contributed by atoms with van der Waals surface area (Å²) in [5.74, 6) is 0.696. The molecule has 0 N–H and O–H groups in total. The van der Waals surface area contributed by atoms with E-state index in [9.17, 15) is 0 Å². The minimum atomic E-state index is 0.179. The maximum Gasteiger partial charge on any atom is 0.133 e. The molecule has 1 aromatic heterocycles. The third-order valence-electron chi connectivity index (χ3n) is 2.73. The zero-order valence-corrected chi connectivity index (χ0v) is 13.1. The number of aryl methyl sites for hydroxylation is 1. The Balaban J connectivity index is 2.20. The molecule has 0 saturated heterocycles. The Morgan fingerprint density at radius 2 is 1.68 bits per heavy atom. The molecular weight excluding hydrogens is 276 g/mol. The van der Waals surface area contributed by atoms with Gasteiger partial charge in [-0.25, -0.2) is 9.97 Å². The van der Waals surface area contributed by atoms with Gasteiger partial charge in [0.1, 0.15) is 16.0 Å². The summed E-state index contributed by atoms with van der Waals surface area (Å²) in [5.41, 5.74) is 1.51. The van der Waals surface area contributed by atoms with E-state index < -0.39 is 0 Å². The van der Waals surface area contributed by atoms with Crippen LogP contribution in [-0.4, -0.2) is 9.97 Å². The third-order valence-corrected chi connectivity index (χ3v) is 3.85. The monoisotopic (exact) mass is 292 g/mol. The Morgan fingerprint density at radius 3 is 2.21 bits per heavy atom. The second-order valence-electron chi connectivity index (χ2n) is 5.45. The first kappa shape index (κ1) is 14.4. The number of halogens is 1. The summed E-state index contributed by atoms with van der Waals surface area (Å²) in [6.45, 7) is 8.48. The molecule has 0 bridgehead atoms. The highest BCUT2D eigenvalue weighted by Crippen LogP contribution is 2.30. The predicted molar refractivity (Wildman–Crippen MR) is 81.0 cm³/mol. The van der Waals surface area contributed by atoms with Gasteiger partial charge < -0.3 is 0 Å². The van der Waals surface area contributed by atoms with Crippen molar-refractivity contribution in [2.24, 2.45) is 0 Å². The number of hydrogen-bond acceptors (Lipinski definition) is 3. The highest BCUT2D eigenvalue weighted by atomic mass is 35.5. The molecule has 0 fully saturated rings. The van der Waals surface area contributed by atoms with Crippen LogP contribution in [0.15, 0.2) is 40.3 Å². The van der Waals surface area contributed by atoms with E-state index in [2.05, 4.69) is 55.0 Å². The predicted octanol–water partition coefficient (Wildman–Crippen LogP) is 4.89. The van der Waals surface area contributed by atoms with Gasteiger partial charge in [-0.3, -0.25) is 0 Å². The molecular formula is C15H17ClN2S. The van der Waals surface area contributed by atoms with Crippen molar-refractivity contribution in [3.63, 3.8) is 0 Å². The van der Waals surface area contributed by atoms with Crippen molar-refractivity contribution in [1.82, 2.24) is 9.97 Å². The molecule has 19 heavy (non-hydrogen) atoms. The summed E-state index contributed by atoms with van der Waals surface area (Å²) in [4.78, 5) is 9.59. The molecule has 0 atom stereocenters. The molecule has 1 aromatic carbocycles. The van der Waals surface area contributed by atoms with Crippen LogP contribution in [0.3, 0.4) is 0 Å². The van der Waals surface area contributed by atoms with Crippen LogP contribution in [0.5, 0.6) is 0 Å². The SMILES string of the molecule is Cc1nc(Cl)cc(Sc2ccc(C(C)(C)C)cc2)n1. The van der Waals surface area contributed by atoms with E-state index in [1.54, 1.807) is 17.8 Å². The van der Waals surface area contributed by atoms with Gasteiger partial charge in [0.05, 0.1) is 0 Å². The molecule has 2 rings (SSSR count). The average Bonchev–Trinajstić information content (AvgIpc) is 2.26. The lowest BCUT2D eigenvalue weighted by atomic mass is 9.87. The number of benzene rings is 1. The Kier molecular flexibility index (Phi) is 4.16. The minimum absolute atomic E-state index is 0.179. The summed E-state index contributed by atoms with van der Waals surface area (Å²) >= 11 is 7.54.